The first-order valence-corrected chi connectivity index (χ1v) is 7.34. The molecule has 3 rings (SSSR count). The summed E-state index contributed by atoms with van der Waals surface area (Å²) in [5.41, 5.74) is 2.07. The summed E-state index contributed by atoms with van der Waals surface area (Å²) in [5, 5.41) is 14.2. The second-order valence-electron chi connectivity index (χ2n) is 5.00. The van der Waals surface area contributed by atoms with Gasteiger partial charge in [-0.05, 0) is 42.8 Å². The first kappa shape index (κ1) is 16.1. The Morgan fingerprint density at radius 1 is 1.00 bits per heavy atom. The average molecular weight is 348 g/mol. The molecule has 0 amide bonds. The summed E-state index contributed by atoms with van der Waals surface area (Å²) in [5.74, 6) is -1.29. The summed E-state index contributed by atoms with van der Waals surface area (Å²) in [6, 6.07) is 8.81. The molecule has 0 atom stereocenters. The Labute approximate surface area is 141 Å². The SMILES string of the molecule is Cc1cc(Cl)ccc1Nc1cnnc(Nc2ccc(F)c(F)c2)n1. The van der Waals surface area contributed by atoms with E-state index >= 15 is 0 Å². The topological polar surface area (TPSA) is 62.7 Å². The van der Waals surface area contributed by atoms with Gasteiger partial charge in [0.15, 0.2) is 17.5 Å². The fourth-order valence-electron chi connectivity index (χ4n) is 2.03. The van der Waals surface area contributed by atoms with Gasteiger partial charge in [-0.1, -0.05) is 11.6 Å². The highest BCUT2D eigenvalue weighted by Gasteiger charge is 2.06. The summed E-state index contributed by atoms with van der Waals surface area (Å²) >= 11 is 5.93. The standard InChI is InChI=1S/C16H12ClF2N5/c1-9-6-10(17)2-5-14(9)22-15-8-20-24-16(23-15)21-11-3-4-12(18)13(19)7-11/h2-8H,1H3,(H2,21,22,23,24). The summed E-state index contributed by atoms with van der Waals surface area (Å²) in [6.07, 6.45) is 1.45. The maximum atomic E-state index is 13.2. The maximum absolute atomic E-state index is 13.2. The molecule has 0 fully saturated rings. The van der Waals surface area contributed by atoms with E-state index < -0.39 is 11.6 Å². The fourth-order valence-corrected chi connectivity index (χ4v) is 2.25. The Morgan fingerprint density at radius 3 is 2.58 bits per heavy atom. The Kier molecular flexibility index (Phi) is 4.52. The van der Waals surface area contributed by atoms with E-state index in [1.165, 1.54) is 12.3 Å². The highest BCUT2D eigenvalue weighted by atomic mass is 35.5. The largest absolute Gasteiger partial charge is 0.339 e. The van der Waals surface area contributed by atoms with Crippen molar-refractivity contribution < 1.29 is 8.78 Å². The van der Waals surface area contributed by atoms with Crippen LogP contribution in [0.2, 0.25) is 5.02 Å². The fraction of sp³-hybridized carbons (Fsp3) is 0.0625. The van der Waals surface area contributed by atoms with Crippen molar-refractivity contribution in [1.82, 2.24) is 15.2 Å². The Hall–Kier alpha value is -2.80. The zero-order valence-electron chi connectivity index (χ0n) is 12.5. The van der Waals surface area contributed by atoms with Crippen molar-refractivity contribution >= 4 is 34.7 Å². The molecule has 2 aromatic carbocycles. The smallest absolute Gasteiger partial charge is 0.249 e. The normalized spacial score (nSPS) is 10.5. The molecule has 0 aliphatic heterocycles. The van der Waals surface area contributed by atoms with E-state index in [2.05, 4.69) is 25.8 Å². The number of nitrogens with one attached hydrogen (secondary N) is 2. The molecule has 0 aliphatic rings. The molecule has 0 spiro atoms. The lowest BCUT2D eigenvalue weighted by Gasteiger charge is -2.10. The molecule has 24 heavy (non-hydrogen) atoms. The quantitative estimate of drug-likeness (QED) is 0.722. The van der Waals surface area contributed by atoms with Gasteiger partial charge in [0.2, 0.25) is 5.95 Å². The van der Waals surface area contributed by atoms with Gasteiger partial charge in [0.1, 0.15) is 0 Å². The monoisotopic (exact) mass is 347 g/mol. The van der Waals surface area contributed by atoms with Crippen molar-refractivity contribution in [2.75, 3.05) is 10.6 Å². The van der Waals surface area contributed by atoms with Crippen LogP contribution in [0.3, 0.4) is 0 Å². The molecule has 5 nitrogen and oxygen atoms in total. The van der Waals surface area contributed by atoms with Gasteiger partial charge >= 0.3 is 0 Å². The number of rotatable bonds is 4. The van der Waals surface area contributed by atoms with Crippen LogP contribution in [0.5, 0.6) is 0 Å². The van der Waals surface area contributed by atoms with Gasteiger partial charge < -0.3 is 10.6 Å². The van der Waals surface area contributed by atoms with Gasteiger partial charge in [-0.2, -0.15) is 10.1 Å². The van der Waals surface area contributed by atoms with Crippen molar-refractivity contribution in [1.29, 1.82) is 0 Å². The molecule has 0 saturated carbocycles. The van der Waals surface area contributed by atoms with E-state index in [9.17, 15) is 8.78 Å². The zero-order valence-corrected chi connectivity index (χ0v) is 13.3. The first-order chi connectivity index (χ1) is 11.5. The molecule has 122 valence electrons. The van der Waals surface area contributed by atoms with E-state index in [1.54, 1.807) is 6.07 Å². The molecule has 2 N–H and O–H groups in total. The summed E-state index contributed by atoms with van der Waals surface area (Å²) in [4.78, 5) is 4.23. The van der Waals surface area contributed by atoms with Gasteiger partial charge in [0.25, 0.3) is 0 Å². The van der Waals surface area contributed by atoms with Crippen LogP contribution in [-0.2, 0) is 0 Å². The third kappa shape index (κ3) is 3.75. The molecule has 0 bridgehead atoms. The number of nitrogens with zero attached hydrogens (tertiary/aromatic N) is 3. The molecular formula is C16H12ClF2N5. The van der Waals surface area contributed by atoms with E-state index in [0.29, 0.717) is 16.5 Å². The first-order valence-electron chi connectivity index (χ1n) is 6.96. The zero-order chi connectivity index (χ0) is 17.1. The van der Waals surface area contributed by atoms with E-state index in [1.807, 2.05) is 19.1 Å². The van der Waals surface area contributed by atoms with Crippen LogP contribution >= 0.6 is 11.6 Å². The summed E-state index contributed by atoms with van der Waals surface area (Å²) in [7, 11) is 0. The Balaban J connectivity index is 1.79. The third-order valence-electron chi connectivity index (χ3n) is 3.19. The van der Waals surface area contributed by atoms with Gasteiger partial charge in [0, 0.05) is 22.5 Å². The molecule has 1 heterocycles. The van der Waals surface area contributed by atoms with Gasteiger partial charge in [-0.25, -0.2) is 8.78 Å². The van der Waals surface area contributed by atoms with Crippen molar-refractivity contribution in [2.24, 2.45) is 0 Å². The van der Waals surface area contributed by atoms with Crippen LogP contribution in [0.15, 0.2) is 42.6 Å². The minimum absolute atomic E-state index is 0.151. The number of anilines is 4. The molecule has 3 aromatic rings. The second kappa shape index (κ2) is 6.76. The van der Waals surface area contributed by atoms with Gasteiger partial charge in [0.05, 0.1) is 6.20 Å². The van der Waals surface area contributed by atoms with Crippen molar-refractivity contribution in [3.05, 3.63) is 64.8 Å². The Bertz CT molecular complexity index is 888. The number of benzene rings is 2. The molecule has 0 saturated heterocycles. The van der Waals surface area contributed by atoms with Gasteiger partial charge in [-0.3, -0.25) is 0 Å². The van der Waals surface area contributed by atoms with Crippen LogP contribution in [0.25, 0.3) is 0 Å². The molecule has 8 heteroatoms. The van der Waals surface area contributed by atoms with E-state index in [-0.39, 0.29) is 5.95 Å². The predicted octanol–water partition coefficient (Wildman–Crippen LogP) is 4.60. The minimum Gasteiger partial charge on any atom is -0.339 e. The predicted molar refractivity (Wildman–Crippen MR) is 88.9 cm³/mol. The number of aromatic nitrogens is 3. The van der Waals surface area contributed by atoms with Crippen molar-refractivity contribution in [3.63, 3.8) is 0 Å². The average Bonchev–Trinajstić information content (AvgIpc) is 2.54. The van der Waals surface area contributed by atoms with Crippen LogP contribution in [-0.4, -0.2) is 15.2 Å². The molecule has 0 unspecified atom stereocenters. The number of aryl methyl sites for hydroxylation is 1. The lowest BCUT2D eigenvalue weighted by Crippen LogP contribution is -2.03. The molecule has 0 radical (unpaired) electrons. The van der Waals surface area contributed by atoms with Crippen LogP contribution < -0.4 is 10.6 Å². The van der Waals surface area contributed by atoms with Crippen molar-refractivity contribution in [2.45, 2.75) is 6.92 Å². The van der Waals surface area contributed by atoms with Crippen molar-refractivity contribution in [3.8, 4) is 0 Å². The number of halogens is 3. The number of hydrogen-bond donors (Lipinski definition) is 2. The van der Waals surface area contributed by atoms with Gasteiger partial charge in [-0.15, -0.1) is 5.10 Å². The molecule has 1 aromatic heterocycles. The van der Waals surface area contributed by atoms with Crippen LogP contribution in [0.1, 0.15) is 5.56 Å². The maximum Gasteiger partial charge on any atom is 0.249 e. The highest BCUT2D eigenvalue weighted by Crippen LogP contribution is 2.23. The second-order valence-corrected chi connectivity index (χ2v) is 5.44. The number of hydrogen-bond acceptors (Lipinski definition) is 5. The van der Waals surface area contributed by atoms with Crippen LogP contribution in [0.4, 0.5) is 31.9 Å². The Morgan fingerprint density at radius 2 is 1.83 bits per heavy atom. The highest BCUT2D eigenvalue weighted by molar-refractivity contribution is 6.30. The third-order valence-corrected chi connectivity index (χ3v) is 3.42. The molecular weight excluding hydrogens is 336 g/mol. The van der Waals surface area contributed by atoms with E-state index in [0.717, 1.165) is 23.4 Å². The minimum atomic E-state index is -0.959. The van der Waals surface area contributed by atoms with Crippen LogP contribution in [0, 0.1) is 18.6 Å². The summed E-state index contributed by atoms with van der Waals surface area (Å²) < 4.78 is 26.2. The van der Waals surface area contributed by atoms with E-state index in [4.69, 9.17) is 11.6 Å². The molecule has 0 aliphatic carbocycles. The summed E-state index contributed by atoms with van der Waals surface area (Å²) in [6.45, 7) is 1.91. The lowest BCUT2D eigenvalue weighted by atomic mass is 10.2. The lowest BCUT2D eigenvalue weighted by molar-refractivity contribution is 0.509.